The highest BCUT2D eigenvalue weighted by Crippen LogP contribution is 2.25. The van der Waals surface area contributed by atoms with Crippen LogP contribution < -0.4 is 16.0 Å². The fourth-order valence-corrected chi connectivity index (χ4v) is 1.78. The molecule has 0 aromatic heterocycles. The van der Waals surface area contributed by atoms with E-state index in [0.29, 0.717) is 13.1 Å². The van der Waals surface area contributed by atoms with Crippen molar-refractivity contribution in [2.45, 2.75) is 0 Å². The minimum absolute atomic E-state index is 0. The summed E-state index contributed by atoms with van der Waals surface area (Å²) in [6, 6.07) is 2.31. The predicted molar refractivity (Wildman–Crippen MR) is 70.3 cm³/mol. The third-order valence-electron chi connectivity index (χ3n) is 2.47. The molecule has 0 aliphatic carbocycles. The van der Waals surface area contributed by atoms with Crippen LogP contribution in [0.3, 0.4) is 0 Å². The van der Waals surface area contributed by atoms with Crippen molar-refractivity contribution < 1.29 is 8.78 Å². The Morgan fingerprint density at radius 2 is 1.53 bits per heavy atom. The molecule has 3 nitrogen and oxygen atoms in total. The summed E-state index contributed by atoms with van der Waals surface area (Å²) in [4.78, 5) is 1.70. The van der Waals surface area contributed by atoms with Crippen molar-refractivity contribution in [2.75, 3.05) is 36.8 Å². The van der Waals surface area contributed by atoms with E-state index in [1.807, 2.05) is 0 Å². The molecule has 3 N–H and O–H groups in total. The SMILES string of the molecule is Cl.Cl.Nc1cc(F)c(N2CCNCC2)c(F)c1. The molecule has 0 bridgehead atoms. The van der Waals surface area contributed by atoms with Crippen LogP contribution in [0.15, 0.2) is 12.1 Å². The third kappa shape index (κ3) is 3.59. The van der Waals surface area contributed by atoms with Crippen molar-refractivity contribution in [1.29, 1.82) is 0 Å². The number of halogens is 4. The summed E-state index contributed by atoms with van der Waals surface area (Å²) in [5.41, 5.74) is 5.49. The lowest BCUT2D eigenvalue weighted by molar-refractivity contribution is 0.538. The van der Waals surface area contributed by atoms with Crippen LogP contribution in [0.5, 0.6) is 0 Å². The number of nitrogen functional groups attached to an aromatic ring is 1. The number of nitrogens with zero attached hydrogens (tertiary/aromatic N) is 1. The van der Waals surface area contributed by atoms with Crippen LogP contribution in [0.1, 0.15) is 0 Å². The Bertz CT molecular complexity index is 348. The van der Waals surface area contributed by atoms with Crippen molar-refractivity contribution in [3.63, 3.8) is 0 Å². The summed E-state index contributed by atoms with van der Waals surface area (Å²) in [5.74, 6) is -1.18. The zero-order valence-corrected chi connectivity index (χ0v) is 10.7. The van der Waals surface area contributed by atoms with Crippen molar-refractivity contribution in [3.8, 4) is 0 Å². The molecule has 0 atom stereocenters. The Kier molecular flexibility index (Phi) is 6.52. The first-order valence-corrected chi connectivity index (χ1v) is 4.88. The van der Waals surface area contributed by atoms with E-state index in [4.69, 9.17) is 5.73 Å². The highest BCUT2D eigenvalue weighted by atomic mass is 35.5. The first-order valence-electron chi connectivity index (χ1n) is 4.88. The monoisotopic (exact) mass is 285 g/mol. The van der Waals surface area contributed by atoms with E-state index in [2.05, 4.69) is 5.32 Å². The van der Waals surface area contributed by atoms with E-state index < -0.39 is 11.6 Å². The molecule has 0 unspecified atom stereocenters. The van der Waals surface area contributed by atoms with Gasteiger partial charge in [-0.25, -0.2) is 8.78 Å². The second kappa shape index (κ2) is 6.83. The number of piperazine rings is 1. The van der Waals surface area contributed by atoms with Gasteiger partial charge in [-0.1, -0.05) is 0 Å². The lowest BCUT2D eigenvalue weighted by Crippen LogP contribution is -2.44. The fraction of sp³-hybridized carbons (Fsp3) is 0.400. The Balaban J connectivity index is 0.00000128. The molecule has 0 amide bonds. The molecule has 0 spiro atoms. The second-order valence-electron chi connectivity index (χ2n) is 3.57. The van der Waals surface area contributed by atoms with E-state index in [-0.39, 0.29) is 36.2 Å². The summed E-state index contributed by atoms with van der Waals surface area (Å²) < 4.78 is 27.0. The number of benzene rings is 1. The molecule has 0 radical (unpaired) electrons. The molecule has 17 heavy (non-hydrogen) atoms. The fourth-order valence-electron chi connectivity index (χ4n) is 1.78. The van der Waals surface area contributed by atoms with Crippen LogP contribution in [0, 0.1) is 11.6 Å². The maximum absolute atomic E-state index is 13.5. The Morgan fingerprint density at radius 3 is 2.00 bits per heavy atom. The normalized spacial score (nSPS) is 14.8. The maximum Gasteiger partial charge on any atom is 0.151 e. The summed E-state index contributed by atoms with van der Waals surface area (Å²) in [7, 11) is 0. The van der Waals surface area contributed by atoms with E-state index in [9.17, 15) is 8.78 Å². The van der Waals surface area contributed by atoms with E-state index in [1.54, 1.807) is 4.90 Å². The maximum atomic E-state index is 13.5. The Morgan fingerprint density at radius 1 is 1.06 bits per heavy atom. The van der Waals surface area contributed by atoms with Crippen molar-refractivity contribution in [2.24, 2.45) is 0 Å². The van der Waals surface area contributed by atoms with Crippen LogP contribution in [0.2, 0.25) is 0 Å². The molecular formula is C10H15Cl2F2N3. The van der Waals surface area contributed by atoms with Gasteiger partial charge >= 0.3 is 0 Å². The molecule has 1 heterocycles. The van der Waals surface area contributed by atoms with Gasteiger partial charge < -0.3 is 16.0 Å². The van der Waals surface area contributed by atoms with Crippen molar-refractivity contribution in [1.82, 2.24) is 5.32 Å². The molecular weight excluding hydrogens is 271 g/mol. The van der Waals surface area contributed by atoms with Gasteiger partial charge in [0.2, 0.25) is 0 Å². The van der Waals surface area contributed by atoms with Gasteiger partial charge in [-0.15, -0.1) is 24.8 Å². The predicted octanol–water partition coefficient (Wildman–Crippen LogP) is 1.80. The second-order valence-corrected chi connectivity index (χ2v) is 3.57. The Hall–Kier alpha value is -0.780. The van der Waals surface area contributed by atoms with Gasteiger partial charge in [0, 0.05) is 31.9 Å². The van der Waals surface area contributed by atoms with Gasteiger partial charge in [-0.05, 0) is 12.1 Å². The lowest BCUT2D eigenvalue weighted by atomic mass is 10.2. The average molecular weight is 286 g/mol. The molecule has 1 saturated heterocycles. The molecule has 1 aliphatic heterocycles. The van der Waals surface area contributed by atoms with Gasteiger partial charge in [0.05, 0.1) is 0 Å². The minimum atomic E-state index is -0.589. The highest BCUT2D eigenvalue weighted by molar-refractivity contribution is 5.85. The molecule has 1 fully saturated rings. The largest absolute Gasteiger partial charge is 0.399 e. The summed E-state index contributed by atoms with van der Waals surface area (Å²) in [6.45, 7) is 2.70. The van der Waals surface area contributed by atoms with E-state index in [0.717, 1.165) is 25.2 Å². The van der Waals surface area contributed by atoms with E-state index in [1.165, 1.54) is 0 Å². The van der Waals surface area contributed by atoms with Crippen LogP contribution >= 0.6 is 24.8 Å². The number of hydrogen-bond acceptors (Lipinski definition) is 3. The molecule has 7 heteroatoms. The first-order chi connectivity index (χ1) is 7.18. The smallest absolute Gasteiger partial charge is 0.151 e. The van der Waals surface area contributed by atoms with Crippen LogP contribution in [0.25, 0.3) is 0 Å². The quantitative estimate of drug-likeness (QED) is 0.774. The number of nitrogens with two attached hydrogens (primary N) is 1. The Labute approximate surface area is 111 Å². The third-order valence-corrected chi connectivity index (χ3v) is 2.47. The highest BCUT2D eigenvalue weighted by Gasteiger charge is 2.19. The molecule has 1 aliphatic rings. The number of anilines is 2. The van der Waals surface area contributed by atoms with Gasteiger partial charge in [0.15, 0.2) is 11.6 Å². The minimum Gasteiger partial charge on any atom is -0.399 e. The summed E-state index contributed by atoms with van der Waals surface area (Å²) in [5, 5.41) is 3.12. The van der Waals surface area contributed by atoms with Gasteiger partial charge in [0.1, 0.15) is 5.69 Å². The topological polar surface area (TPSA) is 41.3 Å². The molecule has 1 aromatic rings. The molecule has 98 valence electrons. The zero-order chi connectivity index (χ0) is 10.8. The standard InChI is InChI=1S/C10H13F2N3.2ClH/c11-8-5-7(13)6-9(12)10(8)15-3-1-14-2-4-15;;/h5-6,14H,1-4,13H2;2*1H. The first kappa shape index (κ1) is 16.2. The number of rotatable bonds is 1. The van der Waals surface area contributed by atoms with Crippen LogP contribution in [-0.4, -0.2) is 26.2 Å². The summed E-state index contributed by atoms with van der Waals surface area (Å²) in [6.07, 6.45) is 0. The van der Waals surface area contributed by atoms with Gasteiger partial charge in [-0.2, -0.15) is 0 Å². The van der Waals surface area contributed by atoms with Crippen molar-refractivity contribution in [3.05, 3.63) is 23.8 Å². The van der Waals surface area contributed by atoms with Crippen LogP contribution in [0.4, 0.5) is 20.2 Å². The molecule has 2 rings (SSSR count). The lowest BCUT2D eigenvalue weighted by Gasteiger charge is -2.30. The zero-order valence-electron chi connectivity index (χ0n) is 9.08. The average Bonchev–Trinajstić information content (AvgIpc) is 2.17. The van der Waals surface area contributed by atoms with Crippen LogP contribution in [-0.2, 0) is 0 Å². The number of nitrogens with one attached hydrogen (secondary N) is 1. The number of hydrogen-bond donors (Lipinski definition) is 2. The van der Waals surface area contributed by atoms with Gasteiger partial charge in [0.25, 0.3) is 0 Å². The molecule has 1 aromatic carbocycles. The summed E-state index contributed by atoms with van der Waals surface area (Å²) >= 11 is 0. The molecule has 0 saturated carbocycles. The van der Waals surface area contributed by atoms with Crippen molar-refractivity contribution >= 4 is 36.2 Å². The van der Waals surface area contributed by atoms with E-state index >= 15 is 0 Å². The van der Waals surface area contributed by atoms with Gasteiger partial charge in [-0.3, -0.25) is 0 Å².